The first-order chi connectivity index (χ1) is 17.0. The highest BCUT2D eigenvalue weighted by Crippen LogP contribution is 2.39. The minimum absolute atomic E-state index is 0.0869. The van der Waals surface area contributed by atoms with Crippen LogP contribution in [0.3, 0.4) is 0 Å². The van der Waals surface area contributed by atoms with Gasteiger partial charge >= 0.3 is 0 Å². The van der Waals surface area contributed by atoms with Gasteiger partial charge in [-0.05, 0) is 60.0 Å². The molecule has 2 aromatic carbocycles. The molecule has 0 bridgehead atoms. The van der Waals surface area contributed by atoms with Crippen LogP contribution < -0.4 is 15.5 Å². The molecule has 5 rings (SSSR count). The normalized spacial score (nSPS) is 12.9. The molecule has 35 heavy (non-hydrogen) atoms. The quantitative estimate of drug-likeness (QED) is 0.467. The van der Waals surface area contributed by atoms with E-state index in [0.29, 0.717) is 5.69 Å². The average molecular weight is 469 g/mol. The molecule has 0 aliphatic carbocycles. The van der Waals surface area contributed by atoms with Crippen LogP contribution in [0.2, 0.25) is 0 Å². The molecule has 3 heterocycles. The molecule has 8 nitrogen and oxygen atoms in total. The fourth-order valence-corrected chi connectivity index (χ4v) is 4.71. The van der Waals surface area contributed by atoms with Crippen molar-refractivity contribution in [2.75, 3.05) is 25.5 Å². The highest BCUT2D eigenvalue weighted by Gasteiger charge is 2.24. The summed E-state index contributed by atoms with van der Waals surface area (Å²) < 4.78 is 1.65. The lowest BCUT2D eigenvalue weighted by atomic mass is 9.93. The molecular weight excluding hydrogens is 440 g/mol. The molecule has 0 unspecified atom stereocenters. The van der Waals surface area contributed by atoms with Crippen molar-refractivity contribution in [1.29, 1.82) is 0 Å². The number of carbonyl (C=O) groups excluding carboxylic acids is 2. The van der Waals surface area contributed by atoms with E-state index in [4.69, 9.17) is 4.98 Å². The Hall–Kier alpha value is -4.20. The van der Waals surface area contributed by atoms with Crippen molar-refractivity contribution in [3.8, 4) is 11.1 Å². The number of nitrogens with zero attached hydrogens (tertiary/aromatic N) is 4. The van der Waals surface area contributed by atoms with Crippen LogP contribution in [0.15, 0.2) is 54.9 Å². The molecule has 178 valence electrons. The Bertz CT molecular complexity index is 1440. The number of fused-ring (bicyclic) bond motifs is 2. The number of hydrogen-bond donors (Lipinski definition) is 2. The van der Waals surface area contributed by atoms with Gasteiger partial charge in [0.2, 0.25) is 5.91 Å². The Kier molecular flexibility index (Phi) is 5.94. The zero-order valence-electron chi connectivity index (χ0n) is 20.1. The molecule has 2 N–H and O–H groups in total. The van der Waals surface area contributed by atoms with E-state index in [2.05, 4.69) is 45.8 Å². The molecule has 0 saturated heterocycles. The lowest BCUT2D eigenvalue weighted by Gasteiger charge is -2.32. The van der Waals surface area contributed by atoms with Crippen molar-refractivity contribution in [2.45, 2.75) is 26.3 Å². The van der Waals surface area contributed by atoms with Gasteiger partial charge in [-0.3, -0.25) is 14.3 Å². The van der Waals surface area contributed by atoms with Crippen molar-refractivity contribution >= 4 is 34.1 Å². The summed E-state index contributed by atoms with van der Waals surface area (Å²) in [6.45, 7) is 3.10. The second-order valence-electron chi connectivity index (χ2n) is 8.78. The van der Waals surface area contributed by atoms with E-state index in [0.717, 1.165) is 58.4 Å². The van der Waals surface area contributed by atoms with Gasteiger partial charge in [0.1, 0.15) is 18.1 Å². The Morgan fingerprint density at radius 1 is 1.09 bits per heavy atom. The van der Waals surface area contributed by atoms with Gasteiger partial charge in [-0.2, -0.15) is 5.10 Å². The summed E-state index contributed by atoms with van der Waals surface area (Å²) in [5.74, 6) is 0.513. The zero-order valence-corrected chi connectivity index (χ0v) is 20.1. The summed E-state index contributed by atoms with van der Waals surface area (Å²) in [5.41, 5.74) is 5.95. The van der Waals surface area contributed by atoms with Gasteiger partial charge in [0.25, 0.3) is 5.91 Å². The third kappa shape index (κ3) is 4.23. The van der Waals surface area contributed by atoms with Gasteiger partial charge in [0.15, 0.2) is 0 Å². The molecule has 2 amide bonds. The maximum absolute atomic E-state index is 12.5. The number of aryl methyl sites for hydroxylation is 2. The van der Waals surface area contributed by atoms with Gasteiger partial charge in [0.05, 0.1) is 6.20 Å². The van der Waals surface area contributed by atoms with Crippen LogP contribution in [0.5, 0.6) is 0 Å². The van der Waals surface area contributed by atoms with E-state index in [1.807, 2.05) is 30.5 Å². The zero-order chi connectivity index (χ0) is 24.5. The largest absolute Gasteiger partial charge is 0.358 e. The van der Waals surface area contributed by atoms with Gasteiger partial charge in [0, 0.05) is 43.5 Å². The van der Waals surface area contributed by atoms with Crippen molar-refractivity contribution in [3.63, 3.8) is 0 Å². The highest BCUT2D eigenvalue weighted by molar-refractivity contribution is 6.01. The number of likely N-dealkylation sites (N-methyl/N-ethyl adjacent to an activating group) is 1. The number of amides is 2. The number of hydrogen-bond acceptors (Lipinski definition) is 5. The molecule has 0 radical (unpaired) electrons. The van der Waals surface area contributed by atoms with Gasteiger partial charge in [-0.15, -0.1) is 0 Å². The van der Waals surface area contributed by atoms with E-state index in [9.17, 15) is 9.59 Å². The van der Waals surface area contributed by atoms with E-state index in [1.54, 1.807) is 25.0 Å². The van der Waals surface area contributed by atoms with E-state index >= 15 is 0 Å². The predicted molar refractivity (Wildman–Crippen MR) is 137 cm³/mol. The van der Waals surface area contributed by atoms with Crippen molar-refractivity contribution in [1.82, 2.24) is 25.4 Å². The van der Waals surface area contributed by atoms with Crippen molar-refractivity contribution < 1.29 is 9.59 Å². The van der Waals surface area contributed by atoms with E-state index in [1.165, 1.54) is 5.56 Å². The Labute approximate surface area is 204 Å². The second-order valence-corrected chi connectivity index (χ2v) is 8.78. The predicted octanol–water partition coefficient (Wildman–Crippen LogP) is 3.60. The standard InChI is InChI=1S/C27H28N6O2/c1-17-11-24-19(12-22(17)20-14-30-32(15-20)16-25(34)28-2)8-6-10-33(24)26-21-9-5-4-7-18(21)13-23(31-26)27(35)29-3/h4-5,7,9,11-15H,6,8,10,16H2,1-3H3,(H,28,34)(H,29,35). The maximum atomic E-state index is 12.5. The van der Waals surface area contributed by atoms with Crippen LogP contribution in [0.4, 0.5) is 11.5 Å². The fourth-order valence-electron chi connectivity index (χ4n) is 4.71. The van der Waals surface area contributed by atoms with E-state index in [-0.39, 0.29) is 18.4 Å². The SMILES string of the molecule is CNC(=O)Cn1cc(-c2cc3c(cc2C)N(c2nc(C(=O)NC)cc4ccccc24)CCC3)cn1. The van der Waals surface area contributed by atoms with Crippen LogP contribution >= 0.6 is 0 Å². The summed E-state index contributed by atoms with van der Waals surface area (Å²) in [4.78, 5) is 31.2. The molecule has 1 aliphatic rings. The molecule has 0 saturated carbocycles. The average Bonchev–Trinajstić information content (AvgIpc) is 3.34. The summed E-state index contributed by atoms with van der Waals surface area (Å²) in [5, 5.41) is 11.7. The lowest BCUT2D eigenvalue weighted by molar-refractivity contribution is -0.121. The number of pyridine rings is 1. The van der Waals surface area contributed by atoms with Crippen molar-refractivity contribution in [2.24, 2.45) is 0 Å². The number of aromatic nitrogens is 3. The molecule has 2 aromatic heterocycles. The number of anilines is 2. The first-order valence-corrected chi connectivity index (χ1v) is 11.7. The fraction of sp³-hybridized carbons (Fsp3) is 0.259. The number of benzene rings is 2. The van der Waals surface area contributed by atoms with Crippen LogP contribution in [0.1, 0.15) is 28.0 Å². The molecule has 1 aliphatic heterocycles. The molecular formula is C27H28N6O2. The van der Waals surface area contributed by atoms with Crippen LogP contribution in [0, 0.1) is 6.92 Å². The molecule has 4 aromatic rings. The van der Waals surface area contributed by atoms with Crippen LogP contribution in [0.25, 0.3) is 21.9 Å². The van der Waals surface area contributed by atoms with Crippen molar-refractivity contribution in [3.05, 3.63) is 71.7 Å². The number of rotatable bonds is 5. The topological polar surface area (TPSA) is 92.2 Å². The summed E-state index contributed by atoms with van der Waals surface area (Å²) in [7, 11) is 3.24. The molecule has 0 atom stereocenters. The minimum Gasteiger partial charge on any atom is -0.358 e. The van der Waals surface area contributed by atoms with Gasteiger partial charge in [-0.25, -0.2) is 4.98 Å². The van der Waals surface area contributed by atoms with Crippen LogP contribution in [-0.2, 0) is 17.8 Å². The summed E-state index contributed by atoms with van der Waals surface area (Å²) in [6, 6.07) is 14.3. The first kappa shape index (κ1) is 22.6. The first-order valence-electron chi connectivity index (χ1n) is 11.7. The van der Waals surface area contributed by atoms with Gasteiger partial charge < -0.3 is 15.5 Å². The highest BCUT2D eigenvalue weighted by atomic mass is 16.2. The third-order valence-electron chi connectivity index (χ3n) is 6.51. The van der Waals surface area contributed by atoms with Gasteiger partial charge in [-0.1, -0.05) is 24.3 Å². The Morgan fingerprint density at radius 3 is 2.71 bits per heavy atom. The minimum atomic E-state index is -0.200. The summed E-state index contributed by atoms with van der Waals surface area (Å²) in [6.07, 6.45) is 5.65. The Morgan fingerprint density at radius 2 is 1.91 bits per heavy atom. The smallest absolute Gasteiger partial charge is 0.269 e. The summed E-state index contributed by atoms with van der Waals surface area (Å²) >= 11 is 0. The molecule has 0 spiro atoms. The molecule has 0 fully saturated rings. The lowest BCUT2D eigenvalue weighted by Crippen LogP contribution is -2.27. The number of carbonyl (C=O) groups is 2. The number of nitrogens with one attached hydrogen (secondary N) is 2. The molecule has 8 heteroatoms. The van der Waals surface area contributed by atoms with Crippen LogP contribution in [-0.4, -0.2) is 47.2 Å². The Balaban J connectivity index is 1.58. The maximum Gasteiger partial charge on any atom is 0.269 e. The second kappa shape index (κ2) is 9.21. The van der Waals surface area contributed by atoms with E-state index < -0.39 is 0 Å². The third-order valence-corrected chi connectivity index (χ3v) is 6.51. The monoisotopic (exact) mass is 468 g/mol.